The van der Waals surface area contributed by atoms with Gasteiger partial charge in [0.15, 0.2) is 6.10 Å². The minimum atomic E-state index is -3.80. The molecule has 2 aromatic carbocycles. The molecule has 10 heteroatoms. The number of nitriles is 1. The summed E-state index contributed by atoms with van der Waals surface area (Å²) >= 11 is 0. The van der Waals surface area contributed by atoms with Gasteiger partial charge in [0.05, 0.1) is 22.2 Å². The maximum Gasteiger partial charge on any atom is 0.265 e. The summed E-state index contributed by atoms with van der Waals surface area (Å²) in [6, 6.07) is 12.8. The Balaban J connectivity index is 1.45. The summed E-state index contributed by atoms with van der Waals surface area (Å²) in [5, 5.41) is 11.6. The van der Waals surface area contributed by atoms with E-state index in [1.165, 1.54) is 16.4 Å². The fourth-order valence-electron chi connectivity index (χ4n) is 3.71. The van der Waals surface area contributed by atoms with Gasteiger partial charge < -0.3 is 15.0 Å². The number of anilines is 1. The van der Waals surface area contributed by atoms with Crippen LogP contribution in [-0.2, 0) is 14.8 Å². The maximum absolute atomic E-state index is 13.1. The number of benzene rings is 2. The standard InChI is InChI=1S/C22H22N4O5S/c1-2-19-21(27)24-18-13-17(7-8-20(18)31-19)32(29,30)26-11-9-25(10-12-26)22(28)16-5-3-15(14-23)4-6-16/h3-8,13,19H,2,9-12H2,1H3,(H,24,27). The molecule has 0 bridgehead atoms. The predicted molar refractivity (Wildman–Crippen MR) is 116 cm³/mol. The second-order valence-corrected chi connectivity index (χ2v) is 9.49. The lowest BCUT2D eigenvalue weighted by atomic mass is 10.1. The van der Waals surface area contributed by atoms with Gasteiger partial charge in [0, 0.05) is 31.7 Å². The first-order chi connectivity index (χ1) is 15.3. The number of nitrogens with one attached hydrogen (secondary N) is 1. The molecule has 2 aliphatic rings. The molecule has 1 unspecified atom stereocenters. The molecular formula is C22H22N4O5S. The quantitative estimate of drug-likeness (QED) is 0.752. The Labute approximate surface area is 186 Å². The van der Waals surface area contributed by atoms with Crippen LogP contribution in [0.1, 0.15) is 29.3 Å². The molecule has 2 aliphatic heterocycles. The smallest absolute Gasteiger partial charge is 0.265 e. The van der Waals surface area contributed by atoms with E-state index in [1.807, 2.05) is 13.0 Å². The zero-order valence-corrected chi connectivity index (χ0v) is 18.3. The molecule has 1 fully saturated rings. The highest BCUT2D eigenvalue weighted by Crippen LogP contribution is 2.33. The van der Waals surface area contributed by atoms with Gasteiger partial charge >= 0.3 is 0 Å². The molecule has 1 atom stereocenters. The van der Waals surface area contributed by atoms with E-state index in [0.717, 1.165) is 0 Å². The average molecular weight is 455 g/mol. The van der Waals surface area contributed by atoms with Crippen molar-refractivity contribution in [2.75, 3.05) is 31.5 Å². The second kappa shape index (κ2) is 8.61. The third kappa shape index (κ3) is 4.04. The summed E-state index contributed by atoms with van der Waals surface area (Å²) in [5.41, 5.74) is 1.25. The van der Waals surface area contributed by atoms with Crippen LogP contribution < -0.4 is 10.1 Å². The van der Waals surface area contributed by atoms with E-state index in [0.29, 0.717) is 29.0 Å². The number of hydrogen-bond donors (Lipinski definition) is 1. The van der Waals surface area contributed by atoms with E-state index >= 15 is 0 Å². The van der Waals surface area contributed by atoms with Crippen LogP contribution in [0.3, 0.4) is 0 Å². The van der Waals surface area contributed by atoms with E-state index in [-0.39, 0.29) is 42.9 Å². The zero-order chi connectivity index (χ0) is 22.9. The monoisotopic (exact) mass is 454 g/mol. The molecule has 0 aliphatic carbocycles. The fraction of sp³-hybridized carbons (Fsp3) is 0.318. The van der Waals surface area contributed by atoms with Crippen molar-refractivity contribution in [3.63, 3.8) is 0 Å². The van der Waals surface area contributed by atoms with Gasteiger partial charge in [0.2, 0.25) is 10.0 Å². The van der Waals surface area contributed by atoms with Crippen LogP contribution in [0.25, 0.3) is 0 Å². The summed E-state index contributed by atoms with van der Waals surface area (Å²) in [6.07, 6.45) is -0.0803. The second-order valence-electron chi connectivity index (χ2n) is 7.55. The summed E-state index contributed by atoms with van der Waals surface area (Å²) in [6.45, 7) is 2.65. The highest BCUT2D eigenvalue weighted by molar-refractivity contribution is 7.89. The normalized spacial score (nSPS) is 18.8. The number of amides is 2. The molecule has 0 aromatic heterocycles. The number of carbonyl (C=O) groups is 2. The van der Waals surface area contributed by atoms with Crippen LogP contribution in [0, 0.1) is 11.3 Å². The molecule has 9 nitrogen and oxygen atoms in total. The van der Waals surface area contributed by atoms with Gasteiger partial charge in [-0.1, -0.05) is 6.92 Å². The van der Waals surface area contributed by atoms with Crippen molar-refractivity contribution in [2.24, 2.45) is 0 Å². The molecule has 4 rings (SSSR count). The minimum absolute atomic E-state index is 0.0574. The molecule has 2 heterocycles. The molecule has 0 saturated carbocycles. The summed E-state index contributed by atoms with van der Waals surface area (Å²) in [4.78, 5) is 26.4. The van der Waals surface area contributed by atoms with Crippen molar-refractivity contribution in [2.45, 2.75) is 24.3 Å². The summed E-state index contributed by atoms with van der Waals surface area (Å²) in [7, 11) is -3.80. The van der Waals surface area contributed by atoms with Crippen LogP contribution in [0.2, 0.25) is 0 Å². The molecule has 166 valence electrons. The molecular weight excluding hydrogens is 432 g/mol. The lowest BCUT2D eigenvalue weighted by molar-refractivity contribution is -0.123. The number of carbonyl (C=O) groups excluding carboxylic acids is 2. The Morgan fingerprint density at radius 3 is 2.47 bits per heavy atom. The first-order valence-electron chi connectivity index (χ1n) is 10.2. The maximum atomic E-state index is 13.1. The van der Waals surface area contributed by atoms with Gasteiger partial charge in [-0.2, -0.15) is 9.57 Å². The molecule has 2 aromatic rings. The van der Waals surface area contributed by atoms with Crippen molar-refractivity contribution in [1.29, 1.82) is 5.26 Å². The molecule has 2 amide bonds. The Hall–Kier alpha value is -3.42. The van der Waals surface area contributed by atoms with Gasteiger partial charge in [0.1, 0.15) is 5.75 Å². The lowest BCUT2D eigenvalue weighted by Gasteiger charge is -2.34. The van der Waals surface area contributed by atoms with Crippen molar-refractivity contribution in [3.8, 4) is 11.8 Å². The Kier molecular flexibility index (Phi) is 5.86. The van der Waals surface area contributed by atoms with Crippen LogP contribution in [0.15, 0.2) is 47.4 Å². The SMILES string of the molecule is CCC1Oc2ccc(S(=O)(=O)N3CCN(C(=O)c4ccc(C#N)cc4)CC3)cc2NC1=O. The van der Waals surface area contributed by atoms with E-state index < -0.39 is 16.1 Å². The third-order valence-corrected chi connectivity index (χ3v) is 7.46. The number of sulfonamides is 1. The van der Waals surface area contributed by atoms with Crippen LogP contribution >= 0.6 is 0 Å². The largest absolute Gasteiger partial charge is 0.478 e. The topological polar surface area (TPSA) is 120 Å². The fourth-order valence-corrected chi connectivity index (χ4v) is 5.16. The predicted octanol–water partition coefficient (Wildman–Crippen LogP) is 1.81. The highest BCUT2D eigenvalue weighted by Gasteiger charge is 2.32. The molecule has 1 N–H and O–H groups in total. The van der Waals surface area contributed by atoms with Gasteiger partial charge in [-0.05, 0) is 48.9 Å². The summed E-state index contributed by atoms with van der Waals surface area (Å²) in [5.74, 6) is -0.0663. The number of nitrogens with zero attached hydrogens (tertiary/aromatic N) is 3. The molecule has 0 spiro atoms. The van der Waals surface area contributed by atoms with Crippen molar-refractivity contribution >= 4 is 27.5 Å². The number of ether oxygens (including phenoxy) is 1. The van der Waals surface area contributed by atoms with E-state index in [9.17, 15) is 18.0 Å². The highest BCUT2D eigenvalue weighted by atomic mass is 32.2. The van der Waals surface area contributed by atoms with Crippen molar-refractivity contribution < 1.29 is 22.7 Å². The Bertz CT molecular complexity index is 1200. The average Bonchev–Trinajstić information content (AvgIpc) is 2.82. The van der Waals surface area contributed by atoms with Crippen molar-refractivity contribution in [3.05, 3.63) is 53.6 Å². The zero-order valence-electron chi connectivity index (χ0n) is 17.4. The summed E-state index contributed by atoms with van der Waals surface area (Å²) < 4.78 is 33.2. The molecule has 32 heavy (non-hydrogen) atoms. The lowest BCUT2D eigenvalue weighted by Crippen LogP contribution is -2.50. The number of hydrogen-bond acceptors (Lipinski definition) is 6. The Morgan fingerprint density at radius 1 is 1.16 bits per heavy atom. The van der Waals surface area contributed by atoms with Crippen LogP contribution in [0.4, 0.5) is 5.69 Å². The van der Waals surface area contributed by atoms with Gasteiger partial charge in [-0.3, -0.25) is 9.59 Å². The van der Waals surface area contributed by atoms with Crippen LogP contribution in [-0.4, -0.2) is 61.7 Å². The Morgan fingerprint density at radius 2 is 1.84 bits per heavy atom. The molecule has 0 radical (unpaired) electrons. The van der Waals surface area contributed by atoms with Gasteiger partial charge in [0.25, 0.3) is 11.8 Å². The van der Waals surface area contributed by atoms with Crippen molar-refractivity contribution in [1.82, 2.24) is 9.21 Å². The van der Waals surface area contributed by atoms with Gasteiger partial charge in [-0.15, -0.1) is 0 Å². The molecule has 1 saturated heterocycles. The third-order valence-electron chi connectivity index (χ3n) is 5.57. The van der Waals surface area contributed by atoms with E-state index in [2.05, 4.69) is 5.32 Å². The van der Waals surface area contributed by atoms with E-state index in [1.54, 1.807) is 35.2 Å². The number of piperazine rings is 1. The number of rotatable bonds is 4. The van der Waals surface area contributed by atoms with E-state index in [4.69, 9.17) is 10.00 Å². The van der Waals surface area contributed by atoms with Crippen LogP contribution in [0.5, 0.6) is 5.75 Å². The number of fused-ring (bicyclic) bond motifs is 1. The minimum Gasteiger partial charge on any atom is -0.478 e. The first kappa shape index (κ1) is 21.8. The van der Waals surface area contributed by atoms with Gasteiger partial charge in [-0.25, -0.2) is 8.42 Å². The first-order valence-corrected chi connectivity index (χ1v) is 11.7.